The number of rotatable bonds is 6. The maximum Gasteiger partial charge on any atom is 0.236 e. The second-order valence-electron chi connectivity index (χ2n) is 3.20. The Bertz CT molecular complexity index is 149. The zero-order valence-corrected chi connectivity index (χ0v) is 8.75. The van der Waals surface area contributed by atoms with Crippen LogP contribution in [0.3, 0.4) is 0 Å². The van der Waals surface area contributed by atoms with Crippen LogP contribution in [0.2, 0.25) is 0 Å². The van der Waals surface area contributed by atoms with Crippen LogP contribution in [-0.2, 0) is 9.53 Å². The Balaban J connectivity index is 3.50. The fourth-order valence-corrected chi connectivity index (χ4v) is 0.887. The van der Waals surface area contributed by atoms with Gasteiger partial charge in [0.25, 0.3) is 0 Å². The van der Waals surface area contributed by atoms with E-state index in [1.54, 1.807) is 0 Å². The molecule has 0 aromatic rings. The second-order valence-corrected chi connectivity index (χ2v) is 3.20. The number of carbonyl (C=O) groups is 1. The van der Waals surface area contributed by atoms with Crippen molar-refractivity contribution >= 4 is 5.91 Å². The molecular formula is C9H20N2O2. The minimum absolute atomic E-state index is 0.0188. The van der Waals surface area contributed by atoms with Gasteiger partial charge < -0.3 is 4.74 Å². The maximum atomic E-state index is 11.3. The number of nitrogens with zero attached hydrogens (tertiary/aromatic N) is 1. The summed E-state index contributed by atoms with van der Waals surface area (Å²) in [5.41, 5.74) is 0. The standard InChI is InChI=1S/C9H20N2O2/c1-4-13-7-5-6-9(12)11(10)8(2)3/h8H,4-7,10H2,1-3H3. The van der Waals surface area contributed by atoms with Crippen molar-refractivity contribution in [3.8, 4) is 0 Å². The molecule has 0 rings (SSSR count). The van der Waals surface area contributed by atoms with Crippen molar-refractivity contribution in [1.82, 2.24) is 5.01 Å². The van der Waals surface area contributed by atoms with E-state index in [2.05, 4.69) is 0 Å². The van der Waals surface area contributed by atoms with Gasteiger partial charge in [-0.1, -0.05) is 0 Å². The van der Waals surface area contributed by atoms with Crippen molar-refractivity contribution in [1.29, 1.82) is 0 Å². The maximum absolute atomic E-state index is 11.3. The van der Waals surface area contributed by atoms with Gasteiger partial charge in [0, 0.05) is 25.7 Å². The van der Waals surface area contributed by atoms with Gasteiger partial charge in [0.05, 0.1) is 0 Å². The molecule has 0 fully saturated rings. The Morgan fingerprint density at radius 2 is 2.15 bits per heavy atom. The zero-order chi connectivity index (χ0) is 10.3. The van der Waals surface area contributed by atoms with E-state index < -0.39 is 0 Å². The highest BCUT2D eigenvalue weighted by molar-refractivity contribution is 5.75. The Kier molecular flexibility index (Phi) is 6.54. The highest BCUT2D eigenvalue weighted by Gasteiger charge is 2.11. The van der Waals surface area contributed by atoms with Gasteiger partial charge in [-0.3, -0.25) is 9.80 Å². The van der Waals surface area contributed by atoms with Gasteiger partial charge in [0.1, 0.15) is 0 Å². The number of amides is 1. The van der Waals surface area contributed by atoms with Crippen LogP contribution in [-0.4, -0.2) is 30.2 Å². The zero-order valence-electron chi connectivity index (χ0n) is 8.75. The van der Waals surface area contributed by atoms with E-state index in [0.29, 0.717) is 19.6 Å². The van der Waals surface area contributed by atoms with E-state index in [-0.39, 0.29) is 11.9 Å². The minimum Gasteiger partial charge on any atom is -0.382 e. The number of hydrogen-bond donors (Lipinski definition) is 1. The first-order valence-electron chi connectivity index (χ1n) is 4.74. The highest BCUT2D eigenvalue weighted by atomic mass is 16.5. The predicted octanol–water partition coefficient (Wildman–Crippen LogP) is 0.914. The molecule has 1 amide bonds. The predicted molar refractivity (Wildman–Crippen MR) is 51.9 cm³/mol. The Labute approximate surface area is 80.0 Å². The molecule has 78 valence electrons. The smallest absolute Gasteiger partial charge is 0.236 e. The largest absolute Gasteiger partial charge is 0.382 e. The molecular weight excluding hydrogens is 168 g/mol. The molecule has 0 spiro atoms. The summed E-state index contributed by atoms with van der Waals surface area (Å²) in [4.78, 5) is 11.3. The number of carbonyl (C=O) groups excluding carboxylic acids is 1. The lowest BCUT2D eigenvalue weighted by Gasteiger charge is -2.20. The van der Waals surface area contributed by atoms with Crippen LogP contribution in [0.4, 0.5) is 0 Å². The van der Waals surface area contributed by atoms with E-state index in [9.17, 15) is 4.79 Å². The number of hydrazine groups is 1. The molecule has 0 unspecified atom stereocenters. The average molecular weight is 188 g/mol. The van der Waals surface area contributed by atoms with Gasteiger partial charge in [-0.25, -0.2) is 5.84 Å². The number of hydrogen-bond acceptors (Lipinski definition) is 3. The third-order valence-corrected chi connectivity index (χ3v) is 1.73. The monoisotopic (exact) mass is 188 g/mol. The highest BCUT2D eigenvalue weighted by Crippen LogP contribution is 1.98. The van der Waals surface area contributed by atoms with E-state index in [4.69, 9.17) is 10.6 Å². The Hall–Kier alpha value is -0.610. The molecule has 0 radical (unpaired) electrons. The van der Waals surface area contributed by atoms with Crippen LogP contribution < -0.4 is 5.84 Å². The van der Waals surface area contributed by atoms with Gasteiger partial charge in [0.2, 0.25) is 5.91 Å². The lowest BCUT2D eigenvalue weighted by Crippen LogP contribution is -2.42. The first kappa shape index (κ1) is 12.4. The molecule has 0 saturated carbocycles. The van der Waals surface area contributed by atoms with Crippen molar-refractivity contribution in [2.75, 3.05) is 13.2 Å². The van der Waals surface area contributed by atoms with Gasteiger partial charge >= 0.3 is 0 Å². The minimum atomic E-state index is -0.0188. The molecule has 0 aliphatic rings. The van der Waals surface area contributed by atoms with Crippen molar-refractivity contribution < 1.29 is 9.53 Å². The SMILES string of the molecule is CCOCCCC(=O)N(N)C(C)C. The van der Waals surface area contributed by atoms with E-state index >= 15 is 0 Å². The summed E-state index contributed by atoms with van der Waals surface area (Å²) < 4.78 is 5.11. The summed E-state index contributed by atoms with van der Waals surface area (Å²) >= 11 is 0. The molecule has 4 nitrogen and oxygen atoms in total. The number of nitrogens with two attached hydrogens (primary N) is 1. The lowest BCUT2D eigenvalue weighted by molar-refractivity contribution is -0.133. The van der Waals surface area contributed by atoms with E-state index in [0.717, 1.165) is 6.42 Å². The first-order valence-corrected chi connectivity index (χ1v) is 4.74. The van der Waals surface area contributed by atoms with Gasteiger partial charge in [-0.15, -0.1) is 0 Å². The van der Waals surface area contributed by atoms with Crippen LogP contribution in [0.5, 0.6) is 0 Å². The van der Waals surface area contributed by atoms with Gasteiger partial charge in [-0.2, -0.15) is 0 Å². The summed E-state index contributed by atoms with van der Waals surface area (Å²) in [6.45, 7) is 7.05. The molecule has 0 atom stereocenters. The van der Waals surface area contributed by atoms with Gasteiger partial charge in [0.15, 0.2) is 0 Å². The van der Waals surface area contributed by atoms with Crippen molar-refractivity contribution in [3.63, 3.8) is 0 Å². The molecule has 0 aromatic heterocycles. The van der Waals surface area contributed by atoms with Crippen molar-refractivity contribution in [3.05, 3.63) is 0 Å². The Morgan fingerprint density at radius 3 is 2.62 bits per heavy atom. The summed E-state index contributed by atoms with van der Waals surface area (Å²) in [7, 11) is 0. The summed E-state index contributed by atoms with van der Waals surface area (Å²) in [6.07, 6.45) is 1.21. The summed E-state index contributed by atoms with van der Waals surface area (Å²) in [5, 5.41) is 1.27. The quantitative estimate of drug-likeness (QED) is 0.292. The Morgan fingerprint density at radius 1 is 1.54 bits per heavy atom. The molecule has 4 heteroatoms. The molecule has 2 N–H and O–H groups in total. The first-order chi connectivity index (χ1) is 6.09. The molecule has 0 aliphatic carbocycles. The fraction of sp³-hybridized carbons (Fsp3) is 0.889. The van der Waals surface area contributed by atoms with Crippen LogP contribution in [0, 0.1) is 0 Å². The average Bonchev–Trinajstić information content (AvgIpc) is 2.10. The third-order valence-electron chi connectivity index (χ3n) is 1.73. The molecule has 0 heterocycles. The second kappa shape index (κ2) is 6.86. The van der Waals surface area contributed by atoms with Gasteiger partial charge in [-0.05, 0) is 27.2 Å². The van der Waals surface area contributed by atoms with Crippen LogP contribution in [0.25, 0.3) is 0 Å². The molecule has 0 aromatic carbocycles. The van der Waals surface area contributed by atoms with E-state index in [1.165, 1.54) is 5.01 Å². The van der Waals surface area contributed by atoms with Crippen LogP contribution in [0.1, 0.15) is 33.6 Å². The number of ether oxygens (including phenoxy) is 1. The molecule has 0 bridgehead atoms. The van der Waals surface area contributed by atoms with Crippen LogP contribution >= 0.6 is 0 Å². The van der Waals surface area contributed by atoms with Crippen molar-refractivity contribution in [2.45, 2.75) is 39.7 Å². The lowest BCUT2D eigenvalue weighted by atomic mass is 10.2. The third kappa shape index (κ3) is 5.60. The van der Waals surface area contributed by atoms with Crippen molar-refractivity contribution in [2.24, 2.45) is 5.84 Å². The molecule has 0 saturated heterocycles. The normalized spacial score (nSPS) is 10.5. The van der Waals surface area contributed by atoms with E-state index in [1.807, 2.05) is 20.8 Å². The summed E-state index contributed by atoms with van der Waals surface area (Å²) in [6, 6.07) is 0.0691. The topological polar surface area (TPSA) is 55.6 Å². The fourth-order valence-electron chi connectivity index (χ4n) is 0.887. The molecule has 13 heavy (non-hydrogen) atoms. The summed E-state index contributed by atoms with van der Waals surface area (Å²) in [5.74, 6) is 5.50. The van der Waals surface area contributed by atoms with Crippen LogP contribution in [0.15, 0.2) is 0 Å². The molecule has 0 aliphatic heterocycles.